The molecule has 16 heavy (non-hydrogen) atoms. The second kappa shape index (κ2) is 6.01. The van der Waals surface area contributed by atoms with Crippen LogP contribution in [0.15, 0.2) is 12.2 Å². The summed E-state index contributed by atoms with van der Waals surface area (Å²) in [5.41, 5.74) is -0.240. The summed E-state index contributed by atoms with van der Waals surface area (Å²) in [6.07, 6.45) is 5.21. The van der Waals surface area contributed by atoms with Crippen molar-refractivity contribution in [2.24, 2.45) is 0 Å². The van der Waals surface area contributed by atoms with E-state index in [9.17, 15) is 4.79 Å². The summed E-state index contributed by atoms with van der Waals surface area (Å²) in [4.78, 5) is 11.0. The first kappa shape index (κ1) is 13.2. The predicted molar refractivity (Wildman–Crippen MR) is 62.0 cm³/mol. The van der Waals surface area contributed by atoms with Gasteiger partial charge in [-0.25, -0.2) is 0 Å². The minimum absolute atomic E-state index is 0.136. The topological polar surface area (TPSA) is 47.6 Å². The zero-order valence-electron chi connectivity index (χ0n) is 10.3. The summed E-state index contributed by atoms with van der Waals surface area (Å²) < 4.78 is 10.3. The standard InChI is InChI=1S/C12H21NO3/c1-4-15-11(14)8-6-5-7-10-9-16-12(2,3)13-10/h5,7,10,13H,4,6,8-9H2,1-3H3/b7-5+. The average molecular weight is 227 g/mol. The second-order valence-electron chi connectivity index (χ2n) is 4.34. The van der Waals surface area contributed by atoms with Crippen LogP contribution in [0.2, 0.25) is 0 Å². The Morgan fingerprint density at radius 3 is 2.94 bits per heavy atom. The Kier molecular flexibility index (Phi) is 4.96. The normalized spacial score (nSPS) is 23.8. The van der Waals surface area contributed by atoms with Gasteiger partial charge in [0.05, 0.1) is 19.3 Å². The summed E-state index contributed by atoms with van der Waals surface area (Å²) >= 11 is 0. The quantitative estimate of drug-likeness (QED) is 0.572. The monoisotopic (exact) mass is 227 g/mol. The number of hydrogen-bond acceptors (Lipinski definition) is 4. The molecule has 4 heteroatoms. The number of allylic oxidation sites excluding steroid dienone is 1. The molecule has 1 unspecified atom stereocenters. The molecule has 0 bridgehead atoms. The fourth-order valence-corrected chi connectivity index (χ4v) is 1.63. The maximum Gasteiger partial charge on any atom is 0.306 e. The highest BCUT2D eigenvalue weighted by Crippen LogP contribution is 2.14. The van der Waals surface area contributed by atoms with Crippen molar-refractivity contribution in [2.75, 3.05) is 13.2 Å². The largest absolute Gasteiger partial charge is 0.466 e. The number of nitrogens with one attached hydrogen (secondary N) is 1. The van der Waals surface area contributed by atoms with Gasteiger partial charge >= 0.3 is 5.97 Å². The van der Waals surface area contributed by atoms with Gasteiger partial charge < -0.3 is 9.47 Å². The van der Waals surface area contributed by atoms with Crippen molar-refractivity contribution in [1.82, 2.24) is 5.32 Å². The molecular formula is C12H21NO3. The summed E-state index contributed by atoms with van der Waals surface area (Å²) in [5.74, 6) is -0.136. The highest BCUT2D eigenvalue weighted by molar-refractivity contribution is 5.69. The Hall–Kier alpha value is -0.870. The summed E-state index contributed by atoms with van der Waals surface area (Å²) in [6.45, 7) is 6.95. The minimum atomic E-state index is -0.240. The van der Waals surface area contributed by atoms with Crippen LogP contribution in [0.1, 0.15) is 33.6 Å². The zero-order valence-corrected chi connectivity index (χ0v) is 10.3. The Labute approximate surface area is 97.0 Å². The number of carbonyl (C=O) groups excluding carboxylic acids is 1. The van der Waals surface area contributed by atoms with Crippen LogP contribution in [0.3, 0.4) is 0 Å². The molecule has 1 saturated heterocycles. The Bertz CT molecular complexity index is 261. The first-order valence-electron chi connectivity index (χ1n) is 5.77. The van der Waals surface area contributed by atoms with Gasteiger partial charge in [-0.1, -0.05) is 12.2 Å². The van der Waals surface area contributed by atoms with E-state index in [4.69, 9.17) is 9.47 Å². The summed E-state index contributed by atoms with van der Waals surface area (Å²) in [6, 6.07) is 0.247. The number of esters is 1. The third kappa shape index (κ3) is 4.77. The SMILES string of the molecule is CCOC(=O)CC/C=C/C1COC(C)(C)N1. The van der Waals surface area contributed by atoms with Crippen LogP contribution in [-0.4, -0.2) is 30.9 Å². The molecule has 0 aromatic rings. The van der Waals surface area contributed by atoms with Crippen LogP contribution in [0.25, 0.3) is 0 Å². The predicted octanol–water partition coefficient (Wildman–Crippen LogP) is 1.61. The van der Waals surface area contributed by atoms with Gasteiger partial charge in [0.1, 0.15) is 5.72 Å². The zero-order chi connectivity index (χ0) is 12.0. The van der Waals surface area contributed by atoms with Gasteiger partial charge in [-0.3, -0.25) is 10.1 Å². The van der Waals surface area contributed by atoms with E-state index < -0.39 is 0 Å². The second-order valence-corrected chi connectivity index (χ2v) is 4.34. The lowest BCUT2D eigenvalue weighted by Gasteiger charge is -2.16. The fourth-order valence-electron chi connectivity index (χ4n) is 1.63. The number of rotatable bonds is 5. The van der Waals surface area contributed by atoms with Crippen LogP contribution < -0.4 is 5.32 Å². The van der Waals surface area contributed by atoms with Crippen molar-refractivity contribution >= 4 is 5.97 Å². The molecule has 1 atom stereocenters. The van der Waals surface area contributed by atoms with Crippen LogP contribution in [0.4, 0.5) is 0 Å². The number of hydrogen-bond donors (Lipinski definition) is 1. The van der Waals surface area contributed by atoms with Gasteiger partial charge in [-0.15, -0.1) is 0 Å². The maximum absolute atomic E-state index is 11.0. The fraction of sp³-hybridized carbons (Fsp3) is 0.750. The Morgan fingerprint density at radius 1 is 1.62 bits per heavy atom. The molecule has 92 valence electrons. The molecule has 0 aromatic carbocycles. The first-order chi connectivity index (χ1) is 7.53. The van der Waals surface area contributed by atoms with Crippen LogP contribution in [0, 0.1) is 0 Å². The van der Waals surface area contributed by atoms with Crippen molar-refractivity contribution in [3.05, 3.63) is 12.2 Å². The number of carbonyl (C=O) groups is 1. The van der Waals surface area contributed by atoms with Crippen molar-refractivity contribution in [3.8, 4) is 0 Å². The molecule has 1 aliphatic rings. The summed E-state index contributed by atoms with van der Waals surface area (Å²) in [7, 11) is 0. The smallest absolute Gasteiger partial charge is 0.306 e. The van der Waals surface area contributed by atoms with Crippen LogP contribution in [-0.2, 0) is 14.3 Å². The summed E-state index contributed by atoms with van der Waals surface area (Å²) in [5, 5.41) is 3.32. The molecule has 0 spiro atoms. The van der Waals surface area contributed by atoms with Gasteiger partial charge in [0.25, 0.3) is 0 Å². The molecule has 0 amide bonds. The maximum atomic E-state index is 11.0. The third-order valence-electron chi connectivity index (χ3n) is 2.35. The minimum Gasteiger partial charge on any atom is -0.466 e. The molecule has 0 radical (unpaired) electrons. The molecule has 1 rings (SSSR count). The van der Waals surface area contributed by atoms with E-state index in [1.807, 2.05) is 32.9 Å². The molecule has 0 aliphatic carbocycles. The van der Waals surface area contributed by atoms with Crippen molar-refractivity contribution in [3.63, 3.8) is 0 Å². The van der Waals surface area contributed by atoms with E-state index in [1.54, 1.807) is 0 Å². The Morgan fingerprint density at radius 2 is 2.38 bits per heavy atom. The average Bonchev–Trinajstić information content (AvgIpc) is 2.54. The third-order valence-corrected chi connectivity index (χ3v) is 2.35. The van der Waals surface area contributed by atoms with Crippen LogP contribution in [0.5, 0.6) is 0 Å². The molecule has 1 heterocycles. The molecule has 0 aromatic heterocycles. The van der Waals surface area contributed by atoms with E-state index >= 15 is 0 Å². The van der Waals surface area contributed by atoms with E-state index in [0.717, 1.165) is 6.42 Å². The lowest BCUT2D eigenvalue weighted by atomic mass is 10.2. The van der Waals surface area contributed by atoms with Crippen molar-refractivity contribution in [2.45, 2.75) is 45.4 Å². The van der Waals surface area contributed by atoms with E-state index in [1.165, 1.54) is 0 Å². The lowest BCUT2D eigenvalue weighted by molar-refractivity contribution is -0.143. The molecule has 1 fully saturated rings. The Balaban J connectivity index is 2.16. The van der Waals surface area contributed by atoms with Gasteiger partial charge in [-0.05, 0) is 27.2 Å². The molecular weight excluding hydrogens is 206 g/mol. The molecule has 1 N–H and O–H groups in total. The molecule has 1 aliphatic heterocycles. The lowest BCUT2D eigenvalue weighted by Crippen LogP contribution is -2.37. The number of ether oxygens (including phenoxy) is 2. The highest BCUT2D eigenvalue weighted by Gasteiger charge is 2.28. The van der Waals surface area contributed by atoms with Crippen molar-refractivity contribution < 1.29 is 14.3 Å². The van der Waals surface area contributed by atoms with Gasteiger partial charge in [0.2, 0.25) is 0 Å². The van der Waals surface area contributed by atoms with Crippen LogP contribution >= 0.6 is 0 Å². The molecule has 4 nitrogen and oxygen atoms in total. The van der Waals surface area contributed by atoms with Gasteiger partial charge in [-0.2, -0.15) is 0 Å². The van der Waals surface area contributed by atoms with Gasteiger partial charge in [0.15, 0.2) is 0 Å². The highest BCUT2D eigenvalue weighted by atomic mass is 16.5. The first-order valence-corrected chi connectivity index (χ1v) is 5.77. The van der Waals surface area contributed by atoms with Gasteiger partial charge in [0, 0.05) is 6.42 Å². The molecule has 0 saturated carbocycles. The van der Waals surface area contributed by atoms with E-state index in [0.29, 0.717) is 19.6 Å². The van der Waals surface area contributed by atoms with E-state index in [2.05, 4.69) is 5.32 Å². The van der Waals surface area contributed by atoms with E-state index in [-0.39, 0.29) is 17.7 Å². The van der Waals surface area contributed by atoms with Crippen molar-refractivity contribution in [1.29, 1.82) is 0 Å².